The second-order valence-electron chi connectivity index (χ2n) is 7.53. The Morgan fingerprint density at radius 1 is 1.06 bits per heavy atom. The van der Waals surface area contributed by atoms with Crippen LogP contribution >= 0.6 is 39.3 Å². The maximum Gasteiger partial charge on any atom is 0.293 e. The molecule has 0 aromatic heterocycles. The molecule has 2 amide bonds. The van der Waals surface area contributed by atoms with Crippen molar-refractivity contribution in [1.82, 2.24) is 4.90 Å². The lowest BCUT2D eigenvalue weighted by atomic mass is 10.1. The Balaban J connectivity index is 1.45. The van der Waals surface area contributed by atoms with E-state index >= 15 is 0 Å². The SMILES string of the molecule is COc1cc(/C=C2\SC(=O)N(CCOc3ccccc3Cl)C2=O)cc(Br)c1OCc1ccccc1F. The standard InChI is InChI=1S/C26H20BrClFNO5S/c1-33-22-13-16(12-18(27)24(22)35-15-17-6-2-4-8-20(17)29)14-23-25(31)30(26(32)36-23)10-11-34-21-9-5-3-7-19(21)28/h2-9,12-14H,10-11,15H2,1H3/b23-14-. The Labute approximate surface area is 225 Å². The smallest absolute Gasteiger partial charge is 0.293 e. The van der Waals surface area contributed by atoms with E-state index in [1.165, 1.54) is 13.2 Å². The summed E-state index contributed by atoms with van der Waals surface area (Å²) >= 11 is 10.4. The maximum absolute atomic E-state index is 13.9. The third-order valence-electron chi connectivity index (χ3n) is 5.16. The molecule has 186 valence electrons. The molecule has 0 saturated carbocycles. The molecule has 1 aliphatic rings. The van der Waals surface area contributed by atoms with Gasteiger partial charge in [-0.1, -0.05) is 41.9 Å². The van der Waals surface area contributed by atoms with Gasteiger partial charge in [0, 0.05) is 5.56 Å². The van der Waals surface area contributed by atoms with Gasteiger partial charge in [0.05, 0.1) is 28.1 Å². The number of thioether (sulfide) groups is 1. The lowest BCUT2D eigenvalue weighted by Crippen LogP contribution is -2.32. The molecule has 4 rings (SSSR count). The summed E-state index contributed by atoms with van der Waals surface area (Å²) in [5.74, 6) is 0.484. The fourth-order valence-corrected chi connectivity index (χ4v) is 5.01. The molecule has 1 heterocycles. The molecular formula is C26H20BrClFNO5S. The molecule has 36 heavy (non-hydrogen) atoms. The van der Waals surface area contributed by atoms with Crippen LogP contribution in [-0.4, -0.2) is 36.3 Å². The third kappa shape index (κ3) is 6.03. The van der Waals surface area contributed by atoms with Crippen molar-refractivity contribution in [3.05, 3.63) is 92.0 Å². The van der Waals surface area contributed by atoms with E-state index in [0.29, 0.717) is 37.9 Å². The van der Waals surface area contributed by atoms with Gasteiger partial charge >= 0.3 is 0 Å². The summed E-state index contributed by atoms with van der Waals surface area (Å²) in [5, 5.41) is 0.0669. The molecule has 0 unspecified atom stereocenters. The lowest BCUT2D eigenvalue weighted by Gasteiger charge is -2.14. The second kappa shape index (κ2) is 11.8. The van der Waals surface area contributed by atoms with Crippen molar-refractivity contribution < 1.29 is 28.2 Å². The van der Waals surface area contributed by atoms with Crippen molar-refractivity contribution in [3.8, 4) is 17.2 Å². The second-order valence-corrected chi connectivity index (χ2v) is 9.78. The van der Waals surface area contributed by atoms with E-state index in [1.54, 1.807) is 60.7 Å². The number of halogens is 3. The first kappa shape index (κ1) is 26.1. The van der Waals surface area contributed by atoms with E-state index in [9.17, 15) is 14.0 Å². The predicted molar refractivity (Wildman–Crippen MR) is 141 cm³/mol. The van der Waals surface area contributed by atoms with E-state index in [4.69, 9.17) is 25.8 Å². The molecule has 0 radical (unpaired) electrons. The van der Waals surface area contributed by atoms with Gasteiger partial charge in [-0.05, 0) is 69.7 Å². The van der Waals surface area contributed by atoms with Gasteiger partial charge < -0.3 is 14.2 Å². The molecular weight excluding hydrogens is 573 g/mol. The maximum atomic E-state index is 13.9. The summed E-state index contributed by atoms with van der Waals surface area (Å²) < 4.78 is 31.3. The van der Waals surface area contributed by atoms with Crippen LogP contribution < -0.4 is 14.2 Å². The zero-order valence-electron chi connectivity index (χ0n) is 19.0. The zero-order chi connectivity index (χ0) is 25.7. The Hall–Kier alpha value is -3.01. The van der Waals surface area contributed by atoms with Gasteiger partial charge in [0.15, 0.2) is 11.5 Å². The highest BCUT2D eigenvalue weighted by Crippen LogP contribution is 2.39. The number of ether oxygens (including phenoxy) is 3. The summed E-state index contributed by atoms with van der Waals surface area (Å²) in [6.07, 6.45) is 1.60. The van der Waals surface area contributed by atoms with E-state index in [2.05, 4.69) is 15.9 Å². The minimum absolute atomic E-state index is 0.0101. The lowest BCUT2D eigenvalue weighted by molar-refractivity contribution is -0.123. The van der Waals surface area contributed by atoms with E-state index < -0.39 is 5.91 Å². The van der Waals surface area contributed by atoms with Crippen molar-refractivity contribution in [2.45, 2.75) is 6.61 Å². The largest absolute Gasteiger partial charge is 0.493 e. The fourth-order valence-electron chi connectivity index (χ4n) is 3.38. The summed E-state index contributed by atoms with van der Waals surface area (Å²) in [4.78, 5) is 26.7. The number of imide groups is 1. The van der Waals surface area contributed by atoms with Crippen molar-refractivity contribution in [1.29, 1.82) is 0 Å². The number of hydrogen-bond donors (Lipinski definition) is 0. The quantitative estimate of drug-likeness (QED) is 0.251. The van der Waals surface area contributed by atoms with Gasteiger partial charge in [-0.25, -0.2) is 4.39 Å². The van der Waals surface area contributed by atoms with Gasteiger partial charge in [0.2, 0.25) is 0 Å². The number of rotatable bonds is 9. The molecule has 0 aliphatic carbocycles. The zero-order valence-corrected chi connectivity index (χ0v) is 22.2. The topological polar surface area (TPSA) is 65.1 Å². The number of carbonyl (C=O) groups is 2. The average Bonchev–Trinajstić information content (AvgIpc) is 3.12. The van der Waals surface area contributed by atoms with Gasteiger partial charge in [-0.2, -0.15) is 0 Å². The highest BCUT2D eigenvalue weighted by atomic mass is 79.9. The minimum atomic E-state index is -0.414. The van der Waals surface area contributed by atoms with Crippen molar-refractivity contribution in [2.24, 2.45) is 0 Å². The van der Waals surface area contributed by atoms with Crippen LogP contribution in [0.3, 0.4) is 0 Å². The average molecular weight is 593 g/mol. The Kier molecular flexibility index (Phi) is 8.56. The number of hydrogen-bond acceptors (Lipinski definition) is 6. The number of methoxy groups -OCH3 is 1. The van der Waals surface area contributed by atoms with Crippen LogP contribution in [0.1, 0.15) is 11.1 Å². The van der Waals surface area contributed by atoms with Crippen LogP contribution in [0.5, 0.6) is 17.2 Å². The Bertz CT molecular complexity index is 1340. The number of benzene rings is 3. The fraction of sp³-hybridized carbons (Fsp3) is 0.154. The normalized spacial score (nSPS) is 14.4. The Morgan fingerprint density at radius 3 is 2.56 bits per heavy atom. The minimum Gasteiger partial charge on any atom is -0.493 e. The molecule has 1 aliphatic heterocycles. The van der Waals surface area contributed by atoms with Crippen molar-refractivity contribution in [2.75, 3.05) is 20.3 Å². The molecule has 0 N–H and O–H groups in total. The van der Waals surface area contributed by atoms with Crippen LogP contribution in [0.25, 0.3) is 6.08 Å². The number of carbonyl (C=O) groups excluding carboxylic acids is 2. The predicted octanol–water partition coefficient (Wildman–Crippen LogP) is 6.94. The van der Waals surface area contributed by atoms with Crippen LogP contribution in [-0.2, 0) is 11.4 Å². The summed E-state index contributed by atoms with van der Waals surface area (Å²) in [6, 6.07) is 16.7. The summed E-state index contributed by atoms with van der Waals surface area (Å²) in [7, 11) is 1.48. The molecule has 0 atom stereocenters. The first-order valence-electron chi connectivity index (χ1n) is 10.7. The van der Waals surface area contributed by atoms with Gasteiger partial charge in [-0.3, -0.25) is 14.5 Å². The van der Waals surface area contributed by atoms with E-state index in [0.717, 1.165) is 16.7 Å². The van der Waals surface area contributed by atoms with Crippen LogP contribution in [0, 0.1) is 5.82 Å². The molecule has 3 aromatic rings. The number of para-hydroxylation sites is 1. The van der Waals surface area contributed by atoms with Crippen LogP contribution in [0.2, 0.25) is 5.02 Å². The summed E-state index contributed by atoms with van der Waals surface area (Å²) in [5.41, 5.74) is 1.03. The molecule has 1 fully saturated rings. The Morgan fingerprint density at radius 2 is 1.81 bits per heavy atom. The van der Waals surface area contributed by atoms with E-state index in [-0.39, 0.29) is 35.7 Å². The number of amides is 2. The van der Waals surface area contributed by atoms with Crippen LogP contribution in [0.4, 0.5) is 9.18 Å². The van der Waals surface area contributed by atoms with Crippen molar-refractivity contribution in [3.63, 3.8) is 0 Å². The molecule has 0 bridgehead atoms. The highest BCUT2D eigenvalue weighted by Gasteiger charge is 2.35. The first-order valence-corrected chi connectivity index (χ1v) is 12.7. The highest BCUT2D eigenvalue weighted by molar-refractivity contribution is 9.10. The third-order valence-corrected chi connectivity index (χ3v) is 6.97. The molecule has 0 spiro atoms. The number of nitrogens with zero attached hydrogens (tertiary/aromatic N) is 1. The monoisotopic (exact) mass is 591 g/mol. The first-order chi connectivity index (χ1) is 17.4. The van der Waals surface area contributed by atoms with Crippen LogP contribution in [0.15, 0.2) is 70.0 Å². The summed E-state index contributed by atoms with van der Waals surface area (Å²) in [6.45, 7) is 0.210. The van der Waals surface area contributed by atoms with Gasteiger partial charge in [0.25, 0.3) is 11.1 Å². The molecule has 3 aromatic carbocycles. The molecule has 10 heteroatoms. The molecule has 6 nitrogen and oxygen atoms in total. The van der Waals surface area contributed by atoms with E-state index in [1.807, 2.05) is 0 Å². The van der Waals surface area contributed by atoms with Gasteiger partial charge in [0.1, 0.15) is 24.8 Å². The molecule has 1 saturated heterocycles. The van der Waals surface area contributed by atoms with Crippen molar-refractivity contribution >= 4 is 56.5 Å². The van der Waals surface area contributed by atoms with Gasteiger partial charge in [-0.15, -0.1) is 0 Å².